The standard InChI is InChI=1S/C5H9NO2S2/c1-6(2)4(9)10-5(7)8-3/h1-3H3. The summed E-state index contributed by atoms with van der Waals surface area (Å²) in [5.41, 5.74) is 0. The summed E-state index contributed by atoms with van der Waals surface area (Å²) in [4.78, 5) is 12.2. The average Bonchev–Trinajstić information content (AvgIpc) is 1.87. The molecule has 0 aromatic heterocycles. The Labute approximate surface area is 69.7 Å². The third-order valence-corrected chi connectivity index (χ3v) is 2.19. The Morgan fingerprint density at radius 3 is 2.40 bits per heavy atom. The SMILES string of the molecule is COC(=O)SC(=S)N(C)C. The number of thioether (sulfide) groups is 1. The number of carbonyl (C=O) groups excluding carboxylic acids is 1. The number of carbonyl (C=O) groups is 1. The van der Waals surface area contributed by atoms with Crippen LogP contribution in [0.4, 0.5) is 4.79 Å². The van der Waals surface area contributed by atoms with Crippen molar-refractivity contribution in [2.24, 2.45) is 0 Å². The van der Waals surface area contributed by atoms with Crippen molar-refractivity contribution in [3.8, 4) is 0 Å². The average molecular weight is 179 g/mol. The van der Waals surface area contributed by atoms with Crippen molar-refractivity contribution in [2.75, 3.05) is 21.2 Å². The Bertz CT molecular complexity index is 147. The minimum atomic E-state index is -0.376. The maximum atomic E-state index is 10.6. The van der Waals surface area contributed by atoms with E-state index in [4.69, 9.17) is 12.2 Å². The molecule has 0 aromatic rings. The maximum absolute atomic E-state index is 10.6. The molecule has 0 N–H and O–H groups in total. The third-order valence-electron chi connectivity index (χ3n) is 0.702. The first-order valence-electron chi connectivity index (χ1n) is 2.55. The zero-order valence-electron chi connectivity index (χ0n) is 6.08. The van der Waals surface area contributed by atoms with Crippen molar-refractivity contribution in [1.29, 1.82) is 0 Å². The predicted molar refractivity (Wildman–Crippen MR) is 46.3 cm³/mol. The highest BCUT2D eigenvalue weighted by Crippen LogP contribution is 2.08. The molecule has 58 valence electrons. The molecule has 0 saturated heterocycles. The van der Waals surface area contributed by atoms with Gasteiger partial charge in [-0.25, -0.2) is 4.79 Å². The molecule has 0 rings (SSSR count). The summed E-state index contributed by atoms with van der Waals surface area (Å²) in [7, 11) is 4.88. The molecule has 0 aliphatic carbocycles. The van der Waals surface area contributed by atoms with E-state index in [0.29, 0.717) is 4.32 Å². The van der Waals surface area contributed by atoms with Crippen molar-refractivity contribution in [3.63, 3.8) is 0 Å². The van der Waals surface area contributed by atoms with E-state index in [-0.39, 0.29) is 5.30 Å². The lowest BCUT2D eigenvalue weighted by molar-refractivity contribution is 0.200. The lowest BCUT2D eigenvalue weighted by Crippen LogP contribution is -2.17. The van der Waals surface area contributed by atoms with Gasteiger partial charge in [-0.15, -0.1) is 0 Å². The molecule has 0 radical (unpaired) electrons. The highest BCUT2D eigenvalue weighted by atomic mass is 32.2. The monoisotopic (exact) mass is 179 g/mol. The fraction of sp³-hybridized carbons (Fsp3) is 0.600. The second-order valence-corrected chi connectivity index (χ2v) is 3.29. The Morgan fingerprint density at radius 2 is 2.10 bits per heavy atom. The summed E-state index contributed by atoms with van der Waals surface area (Å²) in [6.45, 7) is 0. The van der Waals surface area contributed by atoms with Crippen LogP contribution in [0, 0.1) is 0 Å². The summed E-state index contributed by atoms with van der Waals surface area (Å²) in [5.74, 6) is 0. The summed E-state index contributed by atoms with van der Waals surface area (Å²) < 4.78 is 4.89. The fourth-order valence-electron chi connectivity index (χ4n) is 0.204. The number of methoxy groups -OCH3 is 1. The topological polar surface area (TPSA) is 29.5 Å². The van der Waals surface area contributed by atoms with Gasteiger partial charge >= 0.3 is 5.30 Å². The Balaban J connectivity index is 3.69. The quantitative estimate of drug-likeness (QED) is 0.413. The van der Waals surface area contributed by atoms with Crippen LogP contribution in [0.2, 0.25) is 0 Å². The Morgan fingerprint density at radius 1 is 1.60 bits per heavy atom. The number of ether oxygens (including phenoxy) is 1. The van der Waals surface area contributed by atoms with Crippen molar-refractivity contribution >= 4 is 33.6 Å². The van der Waals surface area contributed by atoms with E-state index in [1.807, 2.05) is 0 Å². The van der Waals surface area contributed by atoms with Gasteiger partial charge in [0.25, 0.3) is 0 Å². The number of rotatable bonds is 0. The highest BCUT2D eigenvalue weighted by molar-refractivity contribution is 8.32. The van der Waals surface area contributed by atoms with Gasteiger partial charge in [0.1, 0.15) is 4.32 Å². The largest absolute Gasteiger partial charge is 0.461 e. The number of hydrogen-bond donors (Lipinski definition) is 0. The molecule has 0 aromatic carbocycles. The van der Waals surface area contributed by atoms with Gasteiger partial charge in [-0.3, -0.25) is 0 Å². The molecular formula is C5H9NO2S2. The molecular weight excluding hydrogens is 170 g/mol. The van der Waals surface area contributed by atoms with Gasteiger partial charge in [0.15, 0.2) is 0 Å². The second-order valence-electron chi connectivity index (χ2n) is 1.72. The van der Waals surface area contributed by atoms with E-state index in [1.165, 1.54) is 7.11 Å². The van der Waals surface area contributed by atoms with E-state index >= 15 is 0 Å². The van der Waals surface area contributed by atoms with Gasteiger partial charge in [-0.2, -0.15) is 0 Å². The predicted octanol–water partition coefficient (Wildman–Crippen LogP) is 1.33. The molecule has 3 nitrogen and oxygen atoms in total. The first-order valence-corrected chi connectivity index (χ1v) is 3.77. The van der Waals surface area contributed by atoms with Crippen LogP contribution < -0.4 is 0 Å². The fourth-order valence-corrected chi connectivity index (χ4v) is 0.817. The first-order chi connectivity index (χ1) is 4.57. The molecule has 5 heteroatoms. The van der Waals surface area contributed by atoms with Gasteiger partial charge in [0, 0.05) is 25.9 Å². The normalized spacial score (nSPS) is 8.70. The van der Waals surface area contributed by atoms with E-state index in [1.54, 1.807) is 19.0 Å². The van der Waals surface area contributed by atoms with Crippen LogP contribution in [0.1, 0.15) is 0 Å². The molecule has 10 heavy (non-hydrogen) atoms. The third kappa shape index (κ3) is 3.68. The van der Waals surface area contributed by atoms with Crippen molar-refractivity contribution < 1.29 is 9.53 Å². The van der Waals surface area contributed by atoms with E-state index in [2.05, 4.69) is 4.74 Å². The molecule has 0 saturated carbocycles. The lowest BCUT2D eigenvalue weighted by Gasteiger charge is -2.10. The highest BCUT2D eigenvalue weighted by Gasteiger charge is 2.07. The maximum Gasteiger partial charge on any atom is 0.374 e. The summed E-state index contributed by atoms with van der Waals surface area (Å²) >= 11 is 5.71. The van der Waals surface area contributed by atoms with Gasteiger partial charge in [-0.05, 0) is 0 Å². The molecule has 0 heterocycles. The van der Waals surface area contributed by atoms with Crippen LogP contribution in [-0.4, -0.2) is 35.7 Å². The van der Waals surface area contributed by atoms with Crippen LogP contribution in [-0.2, 0) is 4.74 Å². The molecule has 0 atom stereocenters. The molecule has 0 bridgehead atoms. The number of thiocarbonyl (C=S) groups is 1. The van der Waals surface area contributed by atoms with Gasteiger partial charge in [0.05, 0.1) is 7.11 Å². The molecule has 0 aliphatic rings. The summed E-state index contributed by atoms with van der Waals surface area (Å²) in [6.07, 6.45) is 0. The Kier molecular flexibility index (Phi) is 4.38. The van der Waals surface area contributed by atoms with Gasteiger partial charge in [-0.1, -0.05) is 12.2 Å². The zero-order chi connectivity index (χ0) is 8.15. The molecule has 0 spiro atoms. The number of nitrogens with zero attached hydrogens (tertiary/aromatic N) is 1. The van der Waals surface area contributed by atoms with Gasteiger partial charge in [0.2, 0.25) is 0 Å². The van der Waals surface area contributed by atoms with Crippen LogP contribution in [0.3, 0.4) is 0 Å². The van der Waals surface area contributed by atoms with Crippen LogP contribution in [0.15, 0.2) is 0 Å². The first kappa shape index (κ1) is 9.71. The molecule has 0 fully saturated rings. The summed E-state index contributed by atoms with van der Waals surface area (Å²) in [6, 6.07) is 0. The zero-order valence-corrected chi connectivity index (χ0v) is 7.71. The van der Waals surface area contributed by atoms with Gasteiger partial charge < -0.3 is 9.64 Å². The molecule has 0 amide bonds. The van der Waals surface area contributed by atoms with E-state index < -0.39 is 0 Å². The molecule has 0 unspecified atom stereocenters. The minimum absolute atomic E-state index is 0.376. The summed E-state index contributed by atoms with van der Waals surface area (Å²) in [5, 5.41) is -0.376. The second kappa shape index (κ2) is 4.51. The lowest BCUT2D eigenvalue weighted by atomic mass is 11.0. The van der Waals surface area contributed by atoms with Crippen molar-refractivity contribution in [1.82, 2.24) is 4.90 Å². The van der Waals surface area contributed by atoms with Crippen LogP contribution in [0.5, 0.6) is 0 Å². The minimum Gasteiger partial charge on any atom is -0.461 e. The van der Waals surface area contributed by atoms with E-state index in [0.717, 1.165) is 11.8 Å². The number of hydrogen-bond acceptors (Lipinski definition) is 4. The smallest absolute Gasteiger partial charge is 0.374 e. The van der Waals surface area contributed by atoms with E-state index in [9.17, 15) is 4.79 Å². The van der Waals surface area contributed by atoms with Crippen molar-refractivity contribution in [3.05, 3.63) is 0 Å². The van der Waals surface area contributed by atoms with Crippen LogP contribution in [0.25, 0.3) is 0 Å². The molecule has 0 aliphatic heterocycles. The Hall–Kier alpha value is -0.290. The van der Waals surface area contributed by atoms with Crippen molar-refractivity contribution in [2.45, 2.75) is 0 Å². The van der Waals surface area contributed by atoms with Crippen LogP contribution >= 0.6 is 24.0 Å².